The van der Waals surface area contributed by atoms with E-state index in [4.69, 9.17) is 9.47 Å². The van der Waals surface area contributed by atoms with E-state index in [0.29, 0.717) is 32.8 Å². The summed E-state index contributed by atoms with van der Waals surface area (Å²) in [6.07, 6.45) is 1.85. The first-order valence-corrected chi connectivity index (χ1v) is 11.0. The predicted octanol–water partition coefficient (Wildman–Crippen LogP) is 4.38. The molecule has 0 aliphatic carbocycles. The Hall–Kier alpha value is -2.97. The van der Waals surface area contributed by atoms with Crippen molar-refractivity contribution in [1.82, 2.24) is 4.98 Å². The van der Waals surface area contributed by atoms with Gasteiger partial charge in [0.1, 0.15) is 10.7 Å². The maximum atomic E-state index is 13.3. The van der Waals surface area contributed by atoms with E-state index in [0.717, 1.165) is 4.88 Å². The van der Waals surface area contributed by atoms with Gasteiger partial charge >= 0.3 is 17.0 Å². The second kappa shape index (κ2) is 8.41. The normalized spacial score (nSPS) is 14.1. The van der Waals surface area contributed by atoms with Gasteiger partial charge in [0.15, 0.2) is 17.0 Å². The Kier molecular flexibility index (Phi) is 5.69. The van der Waals surface area contributed by atoms with Crippen LogP contribution in [0.4, 0.5) is 0 Å². The van der Waals surface area contributed by atoms with Crippen LogP contribution in [0, 0.1) is 6.92 Å². The molecule has 3 aromatic rings. The van der Waals surface area contributed by atoms with Crippen molar-refractivity contribution in [3.63, 3.8) is 0 Å². The monoisotopic (exact) mass is 439 g/mol. The van der Waals surface area contributed by atoms with Crippen LogP contribution in [0.5, 0.6) is 5.75 Å². The highest BCUT2D eigenvalue weighted by Gasteiger charge is 2.42. The largest absolute Gasteiger partial charge is 0.497 e. The van der Waals surface area contributed by atoms with Gasteiger partial charge in [0, 0.05) is 29.1 Å². The van der Waals surface area contributed by atoms with Crippen LogP contribution < -0.4 is 9.30 Å². The lowest BCUT2D eigenvalue weighted by Gasteiger charge is -2.10. The fourth-order valence-electron chi connectivity index (χ4n) is 3.20. The summed E-state index contributed by atoms with van der Waals surface area (Å²) < 4.78 is 12.0. The Morgan fingerprint density at radius 1 is 1.23 bits per heavy atom. The van der Waals surface area contributed by atoms with Crippen LogP contribution in [-0.2, 0) is 4.74 Å². The molecule has 6 nitrogen and oxygen atoms in total. The maximum Gasteiger partial charge on any atom is 0.372 e. The summed E-state index contributed by atoms with van der Waals surface area (Å²) in [4.78, 5) is 32.2. The highest BCUT2D eigenvalue weighted by molar-refractivity contribution is 8.04. The number of thiophene rings is 1. The number of benzene rings is 1. The zero-order chi connectivity index (χ0) is 21.3. The fraction of sp³-hybridized carbons (Fsp3) is 0.182. The Morgan fingerprint density at radius 2 is 2.00 bits per heavy atom. The lowest BCUT2D eigenvalue weighted by Crippen LogP contribution is -2.45. The van der Waals surface area contributed by atoms with E-state index in [9.17, 15) is 9.59 Å². The van der Waals surface area contributed by atoms with Gasteiger partial charge in [-0.3, -0.25) is 0 Å². The van der Waals surface area contributed by atoms with Gasteiger partial charge < -0.3 is 9.47 Å². The van der Waals surface area contributed by atoms with E-state index >= 15 is 0 Å². The van der Waals surface area contributed by atoms with E-state index in [1.165, 1.54) is 16.3 Å². The molecule has 152 valence electrons. The fourth-order valence-corrected chi connectivity index (χ4v) is 4.94. The highest BCUT2D eigenvalue weighted by Crippen LogP contribution is 2.36. The molecule has 0 saturated heterocycles. The molecule has 0 fully saturated rings. The molecule has 0 amide bonds. The third-order valence-electron chi connectivity index (χ3n) is 4.55. The van der Waals surface area contributed by atoms with Crippen molar-refractivity contribution in [2.75, 3.05) is 13.7 Å². The van der Waals surface area contributed by atoms with Crippen molar-refractivity contribution in [3.05, 3.63) is 62.8 Å². The Labute approximate surface area is 182 Å². The third kappa shape index (κ3) is 3.64. The zero-order valence-corrected chi connectivity index (χ0v) is 18.3. The number of thioether (sulfide) groups is 1. The number of fused-ring (bicyclic) bond motifs is 1. The molecule has 4 rings (SSSR count). The average molecular weight is 440 g/mol. The van der Waals surface area contributed by atoms with E-state index in [1.807, 2.05) is 35.7 Å². The molecule has 1 aromatic carbocycles. The maximum absolute atomic E-state index is 13.3. The topological polar surface area (TPSA) is 69.4 Å². The first-order chi connectivity index (χ1) is 14.5. The van der Waals surface area contributed by atoms with E-state index in [-0.39, 0.29) is 18.1 Å². The molecule has 30 heavy (non-hydrogen) atoms. The van der Waals surface area contributed by atoms with Gasteiger partial charge in [-0.15, -0.1) is 15.9 Å². The molecule has 0 spiro atoms. The third-order valence-corrected chi connectivity index (χ3v) is 6.34. The molecular weight excluding hydrogens is 420 g/mol. The summed E-state index contributed by atoms with van der Waals surface area (Å²) in [5, 5.41) is 2.49. The number of ether oxygens (including phenoxy) is 2. The number of aromatic nitrogens is 2. The summed E-state index contributed by atoms with van der Waals surface area (Å²) in [5.41, 5.74) is 1.99. The number of hydrogen-bond donors (Lipinski definition) is 0. The minimum Gasteiger partial charge on any atom is -0.497 e. The second-order valence-electron chi connectivity index (χ2n) is 6.42. The smallest absolute Gasteiger partial charge is 0.372 e. The number of methoxy groups -OCH3 is 1. The van der Waals surface area contributed by atoms with Gasteiger partial charge in [0.05, 0.1) is 13.7 Å². The van der Waals surface area contributed by atoms with E-state index < -0.39 is 5.97 Å². The molecule has 0 saturated carbocycles. The molecule has 1 aliphatic rings. The summed E-state index contributed by atoms with van der Waals surface area (Å²) in [7, 11) is 1.59. The summed E-state index contributed by atoms with van der Waals surface area (Å²) in [5.74, 6) is -0.0350. The minimum absolute atomic E-state index is 0.215. The number of esters is 1. The summed E-state index contributed by atoms with van der Waals surface area (Å²) in [6.45, 7) is 3.73. The lowest BCUT2D eigenvalue weighted by molar-refractivity contribution is -0.601. The Balaban J connectivity index is 1.93. The number of hydrogen-bond acceptors (Lipinski definition) is 7. The molecule has 1 aliphatic heterocycles. The second-order valence-corrected chi connectivity index (χ2v) is 8.41. The number of carbonyl (C=O) groups excluding carboxylic acids is 2. The van der Waals surface area contributed by atoms with Crippen molar-refractivity contribution in [2.24, 2.45) is 0 Å². The number of aryl methyl sites for hydroxylation is 1. The SMILES string of the molecule is CCOC(=O)c1c(C)nc2[n+](c1-c1ccc(OC)cc1)C(=O)/C(=C\c1cccs1)S2. The van der Waals surface area contributed by atoms with Crippen LogP contribution in [0.3, 0.4) is 0 Å². The molecule has 3 heterocycles. The summed E-state index contributed by atoms with van der Waals surface area (Å²) in [6, 6.07) is 11.1. The first-order valence-electron chi connectivity index (χ1n) is 9.29. The van der Waals surface area contributed by atoms with Crippen molar-refractivity contribution in [2.45, 2.75) is 19.0 Å². The van der Waals surface area contributed by atoms with Crippen LogP contribution in [0.25, 0.3) is 17.3 Å². The Bertz CT molecular complexity index is 1150. The predicted molar refractivity (Wildman–Crippen MR) is 116 cm³/mol. The minimum atomic E-state index is -0.503. The molecule has 0 atom stereocenters. The molecular formula is C22H19N2O4S2+. The Morgan fingerprint density at radius 3 is 2.63 bits per heavy atom. The number of rotatable bonds is 5. The highest BCUT2D eigenvalue weighted by atomic mass is 32.2. The van der Waals surface area contributed by atoms with Crippen molar-refractivity contribution in [1.29, 1.82) is 0 Å². The zero-order valence-electron chi connectivity index (χ0n) is 16.7. The quantitative estimate of drug-likeness (QED) is 0.254. The molecule has 0 unspecified atom stereocenters. The van der Waals surface area contributed by atoms with Crippen LogP contribution in [0.15, 0.2) is 51.8 Å². The average Bonchev–Trinajstić information content (AvgIpc) is 3.36. The van der Waals surface area contributed by atoms with Gasteiger partial charge in [-0.2, -0.15) is 0 Å². The molecule has 8 heteroatoms. The van der Waals surface area contributed by atoms with Crippen molar-refractivity contribution < 1.29 is 23.6 Å². The van der Waals surface area contributed by atoms with Crippen molar-refractivity contribution in [3.8, 4) is 17.0 Å². The molecule has 0 N–H and O–H groups in total. The van der Waals surface area contributed by atoms with Crippen molar-refractivity contribution >= 4 is 41.1 Å². The molecule has 0 radical (unpaired) electrons. The van der Waals surface area contributed by atoms with Gasteiger partial charge in [-0.05, 0) is 53.7 Å². The van der Waals surface area contributed by atoms with Crippen LogP contribution in [-0.4, -0.2) is 30.6 Å². The van der Waals surface area contributed by atoms with E-state index in [1.54, 1.807) is 44.4 Å². The van der Waals surface area contributed by atoms with Gasteiger partial charge in [-0.25, -0.2) is 9.59 Å². The number of allylic oxidation sites excluding steroid dienone is 1. The van der Waals surface area contributed by atoms with Gasteiger partial charge in [0.2, 0.25) is 0 Å². The van der Waals surface area contributed by atoms with Gasteiger partial charge in [-0.1, -0.05) is 6.07 Å². The van der Waals surface area contributed by atoms with Crippen LogP contribution in [0.2, 0.25) is 0 Å². The van der Waals surface area contributed by atoms with Crippen LogP contribution >= 0.6 is 23.1 Å². The summed E-state index contributed by atoms with van der Waals surface area (Å²) >= 11 is 2.85. The van der Waals surface area contributed by atoms with E-state index in [2.05, 4.69) is 4.98 Å². The first kappa shape index (κ1) is 20.3. The van der Waals surface area contributed by atoms with Crippen LogP contribution in [0.1, 0.15) is 32.6 Å². The molecule has 2 aromatic heterocycles. The lowest BCUT2D eigenvalue weighted by atomic mass is 10.0. The number of nitrogens with zero attached hydrogens (tertiary/aromatic N) is 2. The molecule has 0 bridgehead atoms. The van der Waals surface area contributed by atoms with Gasteiger partial charge in [0.25, 0.3) is 0 Å². The standard InChI is InChI=1S/C22H19N2O4S2/c1-4-28-21(26)18-13(2)23-22-24(19(18)14-7-9-15(27-3)10-8-14)20(25)17(30-22)12-16-6-5-11-29-16/h5-12H,4H2,1-3H3/q+1/b17-12+. The number of carbonyl (C=O) groups is 2.